The van der Waals surface area contributed by atoms with Crippen LogP contribution in [0, 0.1) is 0 Å². The number of hydrogen-bond donors (Lipinski definition) is 1. The van der Waals surface area contributed by atoms with Crippen LogP contribution in [0.4, 0.5) is 0 Å². The smallest absolute Gasteiger partial charge is 0.354 e. The zero-order valence-corrected chi connectivity index (χ0v) is 9.04. The lowest BCUT2D eigenvalue weighted by Gasteiger charge is -2.09. The van der Waals surface area contributed by atoms with Gasteiger partial charge in [-0.05, 0) is 18.6 Å². The molecule has 3 heterocycles. The first-order valence-electron chi connectivity index (χ1n) is 5.41. The molecule has 17 heavy (non-hydrogen) atoms. The molecule has 0 aromatic carbocycles. The molecule has 0 aliphatic carbocycles. The van der Waals surface area contributed by atoms with E-state index in [0.717, 1.165) is 18.5 Å². The van der Waals surface area contributed by atoms with E-state index in [1.54, 1.807) is 12.3 Å². The molecule has 0 amide bonds. The molecule has 88 valence electrons. The summed E-state index contributed by atoms with van der Waals surface area (Å²) in [6.07, 6.45) is 2.53. The van der Waals surface area contributed by atoms with Crippen LogP contribution in [0.15, 0.2) is 18.3 Å². The van der Waals surface area contributed by atoms with Gasteiger partial charge in [0.25, 0.3) is 0 Å². The second-order valence-corrected chi connectivity index (χ2v) is 4.01. The van der Waals surface area contributed by atoms with E-state index in [9.17, 15) is 4.79 Å². The Bertz CT molecular complexity index is 572. The highest BCUT2D eigenvalue weighted by atomic mass is 16.5. The first-order chi connectivity index (χ1) is 8.25. The summed E-state index contributed by atoms with van der Waals surface area (Å²) in [4.78, 5) is 14.8. The summed E-state index contributed by atoms with van der Waals surface area (Å²) in [5.41, 5.74) is 1.50. The van der Waals surface area contributed by atoms with Crippen molar-refractivity contribution in [3.8, 4) is 0 Å². The molecule has 1 unspecified atom stereocenters. The van der Waals surface area contributed by atoms with Crippen molar-refractivity contribution >= 4 is 17.0 Å². The fourth-order valence-corrected chi connectivity index (χ4v) is 2.06. The highest BCUT2D eigenvalue weighted by molar-refractivity contribution is 5.88. The molecule has 3 rings (SSSR count). The summed E-state index contributed by atoms with van der Waals surface area (Å²) in [6.45, 7) is 1.39. The summed E-state index contributed by atoms with van der Waals surface area (Å²) in [7, 11) is 0. The van der Waals surface area contributed by atoms with Crippen LogP contribution in [-0.2, 0) is 4.74 Å². The number of rotatable bonds is 2. The van der Waals surface area contributed by atoms with Gasteiger partial charge in [0, 0.05) is 6.61 Å². The minimum atomic E-state index is -1.02. The van der Waals surface area contributed by atoms with Crippen LogP contribution in [0.25, 0.3) is 11.0 Å². The number of hydrogen-bond acceptors (Lipinski definition) is 4. The monoisotopic (exact) mass is 233 g/mol. The molecule has 6 heteroatoms. The molecule has 2 aromatic rings. The lowest BCUT2D eigenvalue weighted by Crippen LogP contribution is -2.10. The number of carboxylic acids is 1. The van der Waals surface area contributed by atoms with E-state index in [0.29, 0.717) is 12.1 Å². The molecular formula is C11H11N3O3. The third-order valence-corrected chi connectivity index (χ3v) is 2.92. The Hall–Kier alpha value is -1.95. The average molecular weight is 233 g/mol. The highest BCUT2D eigenvalue weighted by Crippen LogP contribution is 2.23. The molecule has 0 saturated carbocycles. The first kappa shape index (κ1) is 10.2. The summed E-state index contributed by atoms with van der Waals surface area (Å²) in [6, 6.07) is 3.47. The fraction of sp³-hybridized carbons (Fsp3) is 0.364. The van der Waals surface area contributed by atoms with E-state index >= 15 is 0 Å². The quantitative estimate of drug-likeness (QED) is 0.840. The maximum Gasteiger partial charge on any atom is 0.354 e. The van der Waals surface area contributed by atoms with Crippen molar-refractivity contribution in [1.29, 1.82) is 0 Å². The van der Waals surface area contributed by atoms with E-state index < -0.39 is 5.97 Å². The predicted octanol–water partition coefficient (Wildman–Crippen LogP) is 1.09. The van der Waals surface area contributed by atoms with Gasteiger partial charge in [-0.3, -0.25) is 4.68 Å². The summed E-state index contributed by atoms with van der Waals surface area (Å²) < 4.78 is 7.18. The molecule has 1 N–H and O–H groups in total. The van der Waals surface area contributed by atoms with Crippen LogP contribution >= 0.6 is 0 Å². The normalized spacial score (nSPS) is 19.9. The fourth-order valence-electron chi connectivity index (χ4n) is 2.06. The number of carbonyl (C=O) groups is 1. The highest BCUT2D eigenvalue weighted by Gasteiger charge is 2.20. The number of aromatic nitrogens is 3. The Morgan fingerprint density at radius 2 is 2.41 bits per heavy atom. The van der Waals surface area contributed by atoms with E-state index in [4.69, 9.17) is 9.84 Å². The van der Waals surface area contributed by atoms with Gasteiger partial charge >= 0.3 is 5.97 Å². The van der Waals surface area contributed by atoms with Gasteiger partial charge in [-0.2, -0.15) is 5.10 Å². The van der Waals surface area contributed by atoms with Gasteiger partial charge in [0.05, 0.1) is 24.4 Å². The number of nitrogens with zero attached hydrogens (tertiary/aromatic N) is 3. The van der Waals surface area contributed by atoms with Gasteiger partial charge in [-0.25, -0.2) is 9.78 Å². The van der Waals surface area contributed by atoms with Crippen molar-refractivity contribution in [2.45, 2.75) is 12.5 Å². The number of carboxylic acid groups (broad SMARTS) is 1. The molecule has 1 fully saturated rings. The van der Waals surface area contributed by atoms with E-state index in [1.807, 2.05) is 4.68 Å². The third-order valence-electron chi connectivity index (χ3n) is 2.92. The van der Waals surface area contributed by atoms with Crippen molar-refractivity contribution in [1.82, 2.24) is 14.8 Å². The number of ether oxygens (including phenoxy) is 1. The Morgan fingerprint density at radius 1 is 1.53 bits per heavy atom. The average Bonchev–Trinajstić information content (AvgIpc) is 2.96. The largest absolute Gasteiger partial charge is 0.477 e. The Kier molecular flexibility index (Phi) is 2.29. The van der Waals surface area contributed by atoms with Gasteiger partial charge in [-0.15, -0.1) is 0 Å². The van der Waals surface area contributed by atoms with Crippen molar-refractivity contribution < 1.29 is 14.6 Å². The second-order valence-electron chi connectivity index (χ2n) is 4.01. The Labute approximate surface area is 96.8 Å². The molecule has 1 aliphatic rings. The van der Waals surface area contributed by atoms with E-state index in [1.165, 1.54) is 6.07 Å². The van der Waals surface area contributed by atoms with Gasteiger partial charge in [0.15, 0.2) is 0 Å². The van der Waals surface area contributed by atoms with Gasteiger partial charge in [0.1, 0.15) is 11.2 Å². The maximum atomic E-state index is 10.8. The minimum Gasteiger partial charge on any atom is -0.477 e. The van der Waals surface area contributed by atoms with Crippen molar-refractivity contribution in [2.75, 3.05) is 13.2 Å². The molecular weight excluding hydrogens is 222 g/mol. The summed E-state index contributed by atoms with van der Waals surface area (Å²) in [5, 5.41) is 13.1. The lowest BCUT2D eigenvalue weighted by atomic mass is 10.2. The van der Waals surface area contributed by atoms with Crippen LogP contribution < -0.4 is 0 Å². The SMILES string of the molecule is O=C(O)c1ccc2c(cnn2C2CCOC2)n1. The second kappa shape index (κ2) is 3.81. The lowest BCUT2D eigenvalue weighted by molar-refractivity contribution is 0.0691. The summed E-state index contributed by atoms with van der Waals surface area (Å²) in [5.74, 6) is -1.02. The predicted molar refractivity (Wildman–Crippen MR) is 59.0 cm³/mol. The van der Waals surface area contributed by atoms with Crippen molar-refractivity contribution in [3.05, 3.63) is 24.0 Å². The van der Waals surface area contributed by atoms with E-state index in [2.05, 4.69) is 10.1 Å². The molecule has 0 spiro atoms. The topological polar surface area (TPSA) is 77.2 Å². The molecule has 0 bridgehead atoms. The number of aromatic carboxylic acids is 1. The van der Waals surface area contributed by atoms with Crippen LogP contribution in [0.3, 0.4) is 0 Å². The number of fused-ring (bicyclic) bond motifs is 1. The Morgan fingerprint density at radius 3 is 3.12 bits per heavy atom. The first-order valence-corrected chi connectivity index (χ1v) is 5.41. The van der Waals surface area contributed by atoms with Crippen molar-refractivity contribution in [2.24, 2.45) is 0 Å². The minimum absolute atomic E-state index is 0.0414. The molecule has 2 aromatic heterocycles. The zero-order valence-electron chi connectivity index (χ0n) is 9.04. The Balaban J connectivity index is 2.07. The van der Waals surface area contributed by atoms with Crippen LogP contribution in [0.2, 0.25) is 0 Å². The van der Waals surface area contributed by atoms with Crippen LogP contribution in [0.1, 0.15) is 23.0 Å². The standard InChI is InChI=1S/C11H11N3O3/c15-11(16)8-1-2-10-9(13-8)5-12-14(10)7-3-4-17-6-7/h1-2,5,7H,3-4,6H2,(H,15,16). The summed E-state index contributed by atoms with van der Waals surface area (Å²) >= 11 is 0. The molecule has 1 atom stereocenters. The molecule has 6 nitrogen and oxygen atoms in total. The van der Waals surface area contributed by atoms with E-state index in [-0.39, 0.29) is 11.7 Å². The van der Waals surface area contributed by atoms with Gasteiger partial charge in [-0.1, -0.05) is 0 Å². The van der Waals surface area contributed by atoms with Crippen molar-refractivity contribution in [3.63, 3.8) is 0 Å². The van der Waals surface area contributed by atoms with Gasteiger partial charge in [0.2, 0.25) is 0 Å². The van der Waals surface area contributed by atoms with Crippen LogP contribution in [0.5, 0.6) is 0 Å². The van der Waals surface area contributed by atoms with Gasteiger partial charge < -0.3 is 9.84 Å². The maximum absolute atomic E-state index is 10.8. The molecule has 1 saturated heterocycles. The number of pyridine rings is 1. The zero-order chi connectivity index (χ0) is 11.8. The van der Waals surface area contributed by atoms with Crippen LogP contribution in [-0.4, -0.2) is 39.1 Å². The third kappa shape index (κ3) is 1.66. The molecule has 1 aliphatic heterocycles. The molecule has 0 radical (unpaired) electrons.